The average Bonchev–Trinajstić information content (AvgIpc) is 2.44. The van der Waals surface area contributed by atoms with Gasteiger partial charge in [0.25, 0.3) is 0 Å². The number of halogens is 2. The molecule has 1 aromatic heterocycles. The van der Waals surface area contributed by atoms with E-state index in [9.17, 15) is 9.18 Å². The van der Waals surface area contributed by atoms with Crippen molar-refractivity contribution in [3.8, 4) is 0 Å². The summed E-state index contributed by atoms with van der Waals surface area (Å²) in [5, 5.41) is 3.51. The van der Waals surface area contributed by atoms with E-state index in [-0.39, 0.29) is 11.6 Å². The number of nitrogens with two attached hydrogens (primary N) is 1. The zero-order chi connectivity index (χ0) is 15.2. The van der Waals surface area contributed by atoms with Gasteiger partial charge in [0.05, 0.1) is 16.4 Å². The van der Waals surface area contributed by atoms with Gasteiger partial charge >= 0.3 is 0 Å². The van der Waals surface area contributed by atoms with E-state index < -0.39 is 5.82 Å². The summed E-state index contributed by atoms with van der Waals surface area (Å²) in [7, 11) is 0. The lowest BCUT2D eigenvalue weighted by molar-refractivity contribution is -0.115. The fourth-order valence-electron chi connectivity index (χ4n) is 1.56. The van der Waals surface area contributed by atoms with Gasteiger partial charge < -0.3 is 11.1 Å². The van der Waals surface area contributed by atoms with Crippen LogP contribution >= 0.6 is 27.7 Å². The fourth-order valence-corrected chi connectivity index (χ4v) is 2.58. The lowest BCUT2D eigenvalue weighted by Crippen LogP contribution is -2.13. The Morgan fingerprint density at radius 2 is 2.19 bits per heavy atom. The second-order valence-corrected chi connectivity index (χ2v) is 6.22. The number of hydrogen-bond donors (Lipinski definition) is 2. The number of nitrogens with zero attached hydrogens (tertiary/aromatic N) is 1. The largest absolute Gasteiger partial charge is 0.397 e. The van der Waals surface area contributed by atoms with E-state index in [1.54, 1.807) is 6.20 Å². The first-order valence-electron chi connectivity index (χ1n) is 6.14. The van der Waals surface area contributed by atoms with Gasteiger partial charge in [0.15, 0.2) is 0 Å². The van der Waals surface area contributed by atoms with Gasteiger partial charge in [-0.15, -0.1) is 11.8 Å². The van der Waals surface area contributed by atoms with Crippen LogP contribution in [0, 0.1) is 5.82 Å². The molecule has 2 rings (SSSR count). The molecule has 0 aliphatic rings. The summed E-state index contributed by atoms with van der Waals surface area (Å²) in [6.07, 6.45) is 2.03. The normalized spacial score (nSPS) is 10.4. The van der Waals surface area contributed by atoms with Gasteiger partial charge in [-0.05, 0) is 46.3 Å². The van der Waals surface area contributed by atoms with E-state index in [0.29, 0.717) is 17.9 Å². The molecule has 110 valence electrons. The van der Waals surface area contributed by atoms with E-state index in [0.717, 1.165) is 9.50 Å². The van der Waals surface area contributed by atoms with Crippen molar-refractivity contribution in [1.82, 2.24) is 4.98 Å². The van der Waals surface area contributed by atoms with Crippen molar-refractivity contribution in [1.29, 1.82) is 0 Å². The van der Waals surface area contributed by atoms with Gasteiger partial charge in [0.2, 0.25) is 5.91 Å². The summed E-state index contributed by atoms with van der Waals surface area (Å²) >= 11 is 4.80. The van der Waals surface area contributed by atoms with Crippen molar-refractivity contribution in [3.63, 3.8) is 0 Å². The maximum Gasteiger partial charge on any atom is 0.225 e. The standard InChI is InChI=1S/C14H13BrFN3OS/c15-9-1-4-14(18-8-9)21-6-5-13(20)19-12-3-2-10(16)7-11(12)17/h1-4,7-8H,5-6,17H2,(H,19,20). The number of aromatic nitrogens is 1. The molecule has 0 radical (unpaired) electrons. The molecule has 3 N–H and O–H groups in total. The Balaban J connectivity index is 1.81. The fraction of sp³-hybridized carbons (Fsp3) is 0.143. The highest BCUT2D eigenvalue weighted by atomic mass is 79.9. The van der Waals surface area contributed by atoms with Crippen LogP contribution in [0.2, 0.25) is 0 Å². The molecule has 21 heavy (non-hydrogen) atoms. The van der Waals surface area contributed by atoms with E-state index in [1.807, 2.05) is 12.1 Å². The number of hydrogen-bond acceptors (Lipinski definition) is 4. The molecular weight excluding hydrogens is 357 g/mol. The first-order chi connectivity index (χ1) is 10.0. The number of thioether (sulfide) groups is 1. The SMILES string of the molecule is Nc1cc(F)ccc1NC(=O)CCSc1ccc(Br)cn1. The molecule has 1 heterocycles. The molecule has 0 unspecified atom stereocenters. The van der Waals surface area contributed by atoms with Gasteiger partial charge in [0.1, 0.15) is 5.82 Å². The smallest absolute Gasteiger partial charge is 0.225 e. The lowest BCUT2D eigenvalue weighted by Gasteiger charge is -2.08. The molecule has 0 aliphatic heterocycles. The summed E-state index contributed by atoms with van der Waals surface area (Å²) in [5.74, 6) is 0.00182. The molecule has 2 aromatic rings. The van der Waals surface area contributed by atoms with Crippen LogP contribution in [0.25, 0.3) is 0 Å². The number of benzene rings is 1. The van der Waals surface area contributed by atoms with Crippen molar-refractivity contribution in [2.45, 2.75) is 11.4 Å². The molecule has 0 saturated carbocycles. The highest BCUT2D eigenvalue weighted by molar-refractivity contribution is 9.10. The van der Waals surface area contributed by atoms with Crippen LogP contribution in [0.5, 0.6) is 0 Å². The van der Waals surface area contributed by atoms with Crippen LogP contribution in [-0.4, -0.2) is 16.6 Å². The van der Waals surface area contributed by atoms with Gasteiger partial charge in [-0.1, -0.05) is 0 Å². The van der Waals surface area contributed by atoms with Crippen LogP contribution in [0.4, 0.5) is 15.8 Å². The van der Waals surface area contributed by atoms with Crippen molar-refractivity contribution >= 4 is 45.0 Å². The Kier molecular flexibility index (Phi) is 5.58. The molecule has 4 nitrogen and oxygen atoms in total. The molecule has 0 bridgehead atoms. The lowest BCUT2D eigenvalue weighted by atomic mass is 10.2. The molecule has 0 atom stereocenters. The van der Waals surface area contributed by atoms with Gasteiger partial charge in [-0.2, -0.15) is 0 Å². The Morgan fingerprint density at radius 1 is 1.38 bits per heavy atom. The van der Waals surface area contributed by atoms with Crippen molar-refractivity contribution in [2.75, 3.05) is 16.8 Å². The van der Waals surface area contributed by atoms with Crippen LogP contribution in [0.1, 0.15) is 6.42 Å². The van der Waals surface area contributed by atoms with Crippen molar-refractivity contribution < 1.29 is 9.18 Å². The minimum atomic E-state index is -0.428. The minimum absolute atomic E-state index is 0.169. The zero-order valence-corrected chi connectivity index (χ0v) is 13.4. The highest BCUT2D eigenvalue weighted by Gasteiger charge is 2.06. The summed E-state index contributed by atoms with van der Waals surface area (Å²) in [6, 6.07) is 7.66. The predicted octanol–water partition coefficient (Wildman–Crippen LogP) is 3.69. The number of anilines is 2. The Labute approximate surface area is 134 Å². The maximum absolute atomic E-state index is 12.9. The molecule has 0 saturated heterocycles. The second-order valence-electron chi connectivity index (χ2n) is 4.19. The van der Waals surface area contributed by atoms with Gasteiger partial charge in [0, 0.05) is 22.8 Å². The average molecular weight is 370 g/mol. The maximum atomic E-state index is 12.9. The Hall–Kier alpha value is -1.60. The molecule has 7 heteroatoms. The predicted molar refractivity (Wildman–Crippen MR) is 86.7 cm³/mol. The van der Waals surface area contributed by atoms with Crippen LogP contribution in [-0.2, 0) is 4.79 Å². The summed E-state index contributed by atoms with van der Waals surface area (Å²) in [5.41, 5.74) is 6.27. The molecule has 0 aliphatic carbocycles. The first-order valence-corrected chi connectivity index (χ1v) is 7.91. The van der Waals surface area contributed by atoms with Crippen molar-refractivity contribution in [3.05, 3.63) is 46.8 Å². The van der Waals surface area contributed by atoms with E-state index in [1.165, 1.54) is 30.0 Å². The monoisotopic (exact) mass is 369 g/mol. The number of pyridine rings is 1. The summed E-state index contributed by atoms with van der Waals surface area (Å²) in [4.78, 5) is 16.0. The van der Waals surface area contributed by atoms with Crippen LogP contribution in [0.3, 0.4) is 0 Å². The number of carbonyl (C=O) groups excluding carboxylic acids is 1. The van der Waals surface area contributed by atoms with Crippen LogP contribution in [0.15, 0.2) is 46.0 Å². The van der Waals surface area contributed by atoms with Gasteiger partial charge in [-0.25, -0.2) is 9.37 Å². The van der Waals surface area contributed by atoms with Crippen molar-refractivity contribution in [2.24, 2.45) is 0 Å². The number of rotatable bonds is 5. The molecular formula is C14H13BrFN3OS. The van der Waals surface area contributed by atoms with Crippen LogP contribution < -0.4 is 11.1 Å². The minimum Gasteiger partial charge on any atom is -0.397 e. The summed E-state index contributed by atoms with van der Waals surface area (Å²) in [6.45, 7) is 0. The number of amides is 1. The number of carbonyl (C=O) groups is 1. The Bertz CT molecular complexity index is 637. The topological polar surface area (TPSA) is 68.0 Å². The van der Waals surface area contributed by atoms with E-state index >= 15 is 0 Å². The van der Waals surface area contributed by atoms with E-state index in [4.69, 9.17) is 5.73 Å². The third-order valence-electron chi connectivity index (χ3n) is 2.57. The Morgan fingerprint density at radius 3 is 2.86 bits per heavy atom. The first kappa shape index (κ1) is 15.8. The third-order valence-corrected chi connectivity index (χ3v) is 3.98. The molecule has 1 amide bonds. The zero-order valence-electron chi connectivity index (χ0n) is 11.0. The highest BCUT2D eigenvalue weighted by Crippen LogP contribution is 2.21. The molecule has 1 aromatic carbocycles. The molecule has 0 fully saturated rings. The number of nitrogen functional groups attached to an aromatic ring is 1. The quantitative estimate of drug-likeness (QED) is 0.622. The third kappa shape index (κ3) is 5.02. The number of nitrogens with one attached hydrogen (secondary N) is 1. The van der Waals surface area contributed by atoms with Gasteiger partial charge in [-0.3, -0.25) is 4.79 Å². The summed E-state index contributed by atoms with van der Waals surface area (Å²) < 4.78 is 13.8. The molecule has 0 spiro atoms. The van der Waals surface area contributed by atoms with E-state index in [2.05, 4.69) is 26.2 Å². The second kappa shape index (κ2) is 7.42.